The Kier molecular flexibility index (Phi) is 6.42. The Morgan fingerprint density at radius 2 is 1.90 bits per heavy atom. The van der Waals surface area contributed by atoms with Crippen molar-refractivity contribution in [3.8, 4) is 0 Å². The van der Waals surface area contributed by atoms with Crippen molar-refractivity contribution in [2.45, 2.75) is 29.3 Å². The van der Waals surface area contributed by atoms with Crippen molar-refractivity contribution in [2.75, 3.05) is 11.1 Å². The molecule has 4 rings (SSSR count). The molecule has 3 aromatic rings. The summed E-state index contributed by atoms with van der Waals surface area (Å²) in [6, 6.07) is 13.5. The first-order chi connectivity index (χ1) is 14.8. The first kappa shape index (κ1) is 21.9. The lowest BCUT2D eigenvalue weighted by Gasteiger charge is -2.12. The molecule has 0 saturated carbocycles. The summed E-state index contributed by atoms with van der Waals surface area (Å²) < 4.78 is 24.2. The molecule has 7 nitrogen and oxygen atoms in total. The average Bonchev–Trinajstić information content (AvgIpc) is 3.21. The van der Waals surface area contributed by atoms with Crippen LogP contribution in [0.2, 0.25) is 0 Å². The second kappa shape index (κ2) is 9.07. The molecule has 0 fully saturated rings. The van der Waals surface area contributed by atoms with Crippen molar-refractivity contribution in [1.29, 1.82) is 0 Å². The van der Waals surface area contributed by atoms with Gasteiger partial charge in [0.1, 0.15) is 5.82 Å². The molecule has 160 valence electrons. The zero-order valence-corrected chi connectivity index (χ0v) is 19.6. The van der Waals surface area contributed by atoms with Crippen LogP contribution in [-0.2, 0) is 22.9 Å². The molecule has 0 aliphatic heterocycles. The molecule has 1 heterocycles. The zero-order chi connectivity index (χ0) is 22.0. The highest BCUT2D eigenvalue weighted by atomic mass is 79.9. The van der Waals surface area contributed by atoms with Gasteiger partial charge in [-0.1, -0.05) is 45.9 Å². The minimum absolute atomic E-state index is 0.00281. The molecule has 1 aromatic heterocycles. The first-order valence-corrected chi connectivity index (χ1v) is 12.8. The summed E-state index contributed by atoms with van der Waals surface area (Å²) in [7, 11) is -3.80. The van der Waals surface area contributed by atoms with Gasteiger partial charge in [-0.15, -0.1) is 0 Å². The molecule has 0 bridgehead atoms. The molecule has 0 radical (unpaired) electrons. The first-order valence-electron chi connectivity index (χ1n) is 9.51. The van der Waals surface area contributed by atoms with Gasteiger partial charge in [0.05, 0.1) is 16.3 Å². The predicted octanol–water partition coefficient (Wildman–Crippen LogP) is 4.09. The number of rotatable bonds is 7. The van der Waals surface area contributed by atoms with E-state index in [1.807, 2.05) is 12.1 Å². The number of hydrogen-bond donors (Lipinski definition) is 2. The summed E-state index contributed by atoms with van der Waals surface area (Å²) in [4.78, 5) is 21.8. The Bertz CT molecular complexity index is 1250. The number of nitrogens with two attached hydrogens (primary N) is 1. The van der Waals surface area contributed by atoms with Gasteiger partial charge in [0.2, 0.25) is 10.0 Å². The third-order valence-electron chi connectivity index (χ3n) is 4.84. The monoisotopic (exact) mass is 518 g/mol. The smallest absolute Gasteiger partial charge is 0.238 e. The number of thioether (sulfide) groups is 1. The van der Waals surface area contributed by atoms with Crippen molar-refractivity contribution in [3.05, 3.63) is 69.8 Å². The quantitative estimate of drug-likeness (QED) is 0.275. The summed E-state index contributed by atoms with van der Waals surface area (Å²) in [5.74, 6) is 0.852. The van der Waals surface area contributed by atoms with Crippen LogP contribution in [0.15, 0.2) is 63.1 Å². The van der Waals surface area contributed by atoms with Gasteiger partial charge in [-0.2, -0.15) is 0 Å². The molecule has 10 heteroatoms. The van der Waals surface area contributed by atoms with E-state index in [4.69, 9.17) is 5.14 Å². The Hall–Kier alpha value is -2.27. The predicted molar refractivity (Wildman–Crippen MR) is 124 cm³/mol. The highest BCUT2D eigenvalue weighted by Gasteiger charge is 2.21. The highest BCUT2D eigenvalue weighted by molar-refractivity contribution is 9.10. The van der Waals surface area contributed by atoms with Crippen molar-refractivity contribution in [1.82, 2.24) is 9.97 Å². The number of anilines is 2. The van der Waals surface area contributed by atoms with Crippen LogP contribution in [-0.4, -0.2) is 29.9 Å². The van der Waals surface area contributed by atoms with E-state index >= 15 is 0 Å². The van der Waals surface area contributed by atoms with Crippen molar-refractivity contribution < 1.29 is 13.2 Å². The van der Waals surface area contributed by atoms with E-state index in [1.165, 1.54) is 23.9 Å². The SMILES string of the molecule is NS(=O)(=O)c1cccc(Nc2nc(SCC(=O)c3ccc(Br)cc3)nc3c2CCC3)c1. The molecule has 1 aliphatic carbocycles. The van der Waals surface area contributed by atoms with E-state index in [0.29, 0.717) is 22.2 Å². The van der Waals surface area contributed by atoms with Crippen LogP contribution in [0, 0.1) is 0 Å². The van der Waals surface area contributed by atoms with Crippen LogP contribution in [0.5, 0.6) is 0 Å². The number of aromatic nitrogens is 2. The number of fused-ring (bicyclic) bond motifs is 1. The van der Waals surface area contributed by atoms with Gasteiger partial charge in [0, 0.05) is 21.3 Å². The number of carbonyl (C=O) groups excluding carboxylic acids is 1. The van der Waals surface area contributed by atoms with E-state index in [0.717, 1.165) is 35.0 Å². The maximum atomic E-state index is 12.5. The largest absolute Gasteiger partial charge is 0.340 e. The normalized spacial score (nSPS) is 13.1. The Morgan fingerprint density at radius 1 is 1.13 bits per heavy atom. The Morgan fingerprint density at radius 3 is 2.65 bits per heavy atom. The summed E-state index contributed by atoms with van der Waals surface area (Å²) >= 11 is 4.65. The standard InChI is InChI=1S/C21H19BrN4O3S2/c22-14-9-7-13(8-10-14)19(27)12-30-21-25-18-6-2-5-17(18)20(26-21)24-15-3-1-4-16(11-15)31(23,28)29/h1,3-4,7-11H,2,5-6,12H2,(H2,23,28,29)(H,24,25,26). The van der Waals surface area contributed by atoms with E-state index in [9.17, 15) is 13.2 Å². The lowest BCUT2D eigenvalue weighted by atomic mass is 10.2. The molecule has 0 saturated heterocycles. The van der Waals surface area contributed by atoms with Crippen LogP contribution in [0.25, 0.3) is 0 Å². The van der Waals surface area contributed by atoms with Crippen LogP contribution in [0.1, 0.15) is 28.0 Å². The van der Waals surface area contributed by atoms with Crippen molar-refractivity contribution in [2.24, 2.45) is 5.14 Å². The highest BCUT2D eigenvalue weighted by Crippen LogP contribution is 2.31. The molecule has 3 N–H and O–H groups in total. The zero-order valence-electron chi connectivity index (χ0n) is 16.3. The van der Waals surface area contributed by atoms with Crippen LogP contribution in [0.3, 0.4) is 0 Å². The molecule has 1 aliphatic rings. The second-order valence-corrected chi connectivity index (χ2v) is 10.5. The van der Waals surface area contributed by atoms with E-state index < -0.39 is 10.0 Å². The summed E-state index contributed by atoms with van der Waals surface area (Å²) in [5, 5.41) is 8.96. The molecule has 0 spiro atoms. The maximum Gasteiger partial charge on any atom is 0.238 e. The summed E-state index contributed by atoms with van der Waals surface area (Å²) in [5.41, 5.74) is 3.18. The topological polar surface area (TPSA) is 115 Å². The maximum absolute atomic E-state index is 12.5. The van der Waals surface area contributed by atoms with Crippen LogP contribution >= 0.6 is 27.7 Å². The molecular weight excluding hydrogens is 500 g/mol. The van der Waals surface area contributed by atoms with Crippen molar-refractivity contribution >= 4 is 55.0 Å². The van der Waals surface area contributed by atoms with E-state index in [2.05, 4.69) is 31.2 Å². The molecule has 31 heavy (non-hydrogen) atoms. The fourth-order valence-electron chi connectivity index (χ4n) is 3.31. The number of benzene rings is 2. The van der Waals surface area contributed by atoms with Crippen LogP contribution < -0.4 is 10.5 Å². The number of Topliss-reactive ketones (excluding diaryl/α,β-unsaturated/α-hetero) is 1. The number of hydrogen-bond acceptors (Lipinski definition) is 7. The minimum atomic E-state index is -3.80. The number of halogens is 1. The van der Waals surface area contributed by atoms with Gasteiger partial charge >= 0.3 is 0 Å². The van der Waals surface area contributed by atoms with Crippen LogP contribution in [0.4, 0.5) is 11.5 Å². The number of primary sulfonamides is 1. The van der Waals surface area contributed by atoms with E-state index in [-0.39, 0.29) is 16.4 Å². The van der Waals surface area contributed by atoms with Gasteiger partial charge in [-0.05, 0) is 49.6 Å². The van der Waals surface area contributed by atoms with Gasteiger partial charge < -0.3 is 5.32 Å². The molecule has 0 unspecified atom stereocenters. The van der Waals surface area contributed by atoms with E-state index in [1.54, 1.807) is 24.3 Å². The lowest BCUT2D eigenvalue weighted by Crippen LogP contribution is -2.12. The summed E-state index contributed by atoms with van der Waals surface area (Å²) in [6.07, 6.45) is 2.66. The number of nitrogens with zero attached hydrogens (tertiary/aromatic N) is 2. The minimum Gasteiger partial charge on any atom is -0.340 e. The molecule has 0 amide bonds. The number of nitrogens with one attached hydrogen (secondary N) is 1. The Balaban J connectivity index is 1.55. The molecular formula is C21H19BrN4O3S2. The van der Waals surface area contributed by atoms with Crippen molar-refractivity contribution in [3.63, 3.8) is 0 Å². The molecule has 2 aromatic carbocycles. The van der Waals surface area contributed by atoms with Gasteiger partial charge in [0.25, 0.3) is 0 Å². The number of carbonyl (C=O) groups is 1. The summed E-state index contributed by atoms with van der Waals surface area (Å²) in [6.45, 7) is 0. The second-order valence-electron chi connectivity index (χ2n) is 7.05. The van der Waals surface area contributed by atoms with Gasteiger partial charge in [-0.3, -0.25) is 4.79 Å². The Labute approximate surface area is 193 Å². The fourth-order valence-corrected chi connectivity index (χ4v) is 4.90. The fraction of sp³-hybridized carbons (Fsp3) is 0.190. The van der Waals surface area contributed by atoms with Gasteiger partial charge in [-0.25, -0.2) is 23.5 Å². The average molecular weight is 519 g/mol. The third kappa shape index (κ3) is 5.32. The third-order valence-corrected chi connectivity index (χ3v) is 7.12. The number of ketones is 1. The number of sulfonamides is 1. The van der Waals surface area contributed by atoms with Gasteiger partial charge in [0.15, 0.2) is 10.9 Å². The lowest BCUT2D eigenvalue weighted by molar-refractivity contribution is 0.102. The molecule has 0 atom stereocenters. The number of aryl methyl sites for hydroxylation is 1.